The van der Waals surface area contributed by atoms with Crippen LogP contribution in [0.25, 0.3) is 5.69 Å². The Morgan fingerprint density at radius 2 is 1.85 bits per heavy atom. The fraction of sp³-hybridized carbons (Fsp3) is 0.0909. The van der Waals surface area contributed by atoms with Crippen LogP contribution in [0.1, 0.15) is 5.69 Å². The number of aromatic nitrogens is 2. The fourth-order valence-corrected chi connectivity index (χ4v) is 2.42. The molecule has 0 aliphatic rings. The molecule has 2 rings (SSSR count). The molecule has 0 amide bonds. The van der Waals surface area contributed by atoms with Crippen LogP contribution < -0.4 is 21.1 Å². The van der Waals surface area contributed by atoms with Crippen molar-refractivity contribution in [3.8, 4) is 5.69 Å². The molecule has 1 aromatic carbocycles. The minimum Gasteiger partial charge on any atom is -0.303 e. The minimum absolute atomic E-state index is 0.107. The first-order chi connectivity index (χ1) is 11.8. The summed E-state index contributed by atoms with van der Waals surface area (Å²) in [5.74, 6) is 0. The van der Waals surface area contributed by atoms with E-state index in [1.165, 1.54) is 4.98 Å². The van der Waals surface area contributed by atoms with Crippen molar-refractivity contribution in [2.45, 2.75) is 6.18 Å². The molecule has 0 fully saturated rings. The average molecular weight is 395 g/mol. The van der Waals surface area contributed by atoms with Crippen LogP contribution in [0.2, 0.25) is 0 Å². The van der Waals surface area contributed by atoms with Crippen molar-refractivity contribution < 1.29 is 26.5 Å². The number of nitro groups is 1. The highest BCUT2D eigenvalue weighted by Gasteiger charge is 2.33. The highest BCUT2D eigenvalue weighted by atomic mass is 32.2. The summed E-state index contributed by atoms with van der Waals surface area (Å²) in [5, 5.41) is 15.6. The quantitative estimate of drug-likeness (QED) is 0.488. The van der Waals surface area contributed by atoms with Crippen LogP contribution in [0.5, 0.6) is 0 Å². The smallest absolute Gasteiger partial charge is 0.303 e. The van der Waals surface area contributed by atoms with E-state index in [1.807, 2.05) is 0 Å². The lowest BCUT2D eigenvalue weighted by molar-refractivity contribution is -0.383. The Morgan fingerprint density at radius 3 is 2.31 bits per heavy atom. The molecule has 0 aliphatic heterocycles. The maximum atomic E-state index is 12.6. The molecule has 0 bridgehead atoms. The van der Waals surface area contributed by atoms with Gasteiger partial charge >= 0.3 is 11.9 Å². The Bertz CT molecular complexity index is 1070. The number of rotatable bonds is 4. The van der Waals surface area contributed by atoms with Gasteiger partial charge in [-0.15, -0.1) is 0 Å². The number of halogens is 3. The first-order valence-corrected chi connectivity index (χ1v) is 7.87. The number of anilines is 1. The van der Waals surface area contributed by atoms with Gasteiger partial charge in [-0.1, -0.05) is 0 Å². The SMILES string of the molecule is NS(=O)(=O)Nc1cc(-n2c(=O)cc(C(F)(F)F)[nH]c2=O)ccc1[N+](=O)[O-]. The number of nitrogens with one attached hydrogen (secondary N) is 2. The molecular weight excluding hydrogens is 387 g/mol. The molecule has 0 saturated carbocycles. The molecule has 0 atom stereocenters. The molecule has 1 heterocycles. The Morgan fingerprint density at radius 1 is 1.23 bits per heavy atom. The standard InChI is InChI=1S/C11H8F3N5O6S/c12-11(13,14)8-4-9(20)18(10(21)16-8)5-1-2-7(19(22)23)6(3-5)17-26(15,24)25/h1-4,17H,(H,16,21)(H2,15,24,25). The molecule has 1 aromatic heterocycles. The number of nitrogens with zero attached hydrogens (tertiary/aromatic N) is 2. The van der Waals surface area contributed by atoms with Crippen LogP contribution in [0.4, 0.5) is 24.5 Å². The lowest BCUT2D eigenvalue weighted by Gasteiger charge is -2.10. The fourth-order valence-electron chi connectivity index (χ4n) is 1.95. The number of H-pyrrole nitrogens is 1. The summed E-state index contributed by atoms with van der Waals surface area (Å²) in [5.41, 5.74) is -6.35. The lowest BCUT2D eigenvalue weighted by atomic mass is 10.2. The molecule has 11 nitrogen and oxygen atoms in total. The molecule has 15 heteroatoms. The zero-order valence-corrected chi connectivity index (χ0v) is 13.1. The predicted octanol–water partition coefficient (Wildman–Crippen LogP) is 0.0682. The summed E-state index contributed by atoms with van der Waals surface area (Å²) < 4.78 is 61.8. The molecular formula is C11H8F3N5O6S. The van der Waals surface area contributed by atoms with Crippen molar-refractivity contribution in [3.05, 3.63) is 60.9 Å². The normalized spacial score (nSPS) is 12.0. The molecule has 26 heavy (non-hydrogen) atoms. The van der Waals surface area contributed by atoms with E-state index in [9.17, 15) is 41.3 Å². The second-order valence-corrected chi connectivity index (χ2v) is 6.06. The predicted molar refractivity (Wildman–Crippen MR) is 81.0 cm³/mol. The van der Waals surface area contributed by atoms with Gasteiger partial charge < -0.3 is 4.98 Å². The third-order valence-electron chi connectivity index (χ3n) is 2.93. The Labute approximate surface area is 141 Å². The van der Waals surface area contributed by atoms with E-state index < -0.39 is 55.3 Å². The monoisotopic (exact) mass is 395 g/mol. The van der Waals surface area contributed by atoms with E-state index in [2.05, 4.69) is 0 Å². The topological polar surface area (TPSA) is 170 Å². The highest BCUT2D eigenvalue weighted by molar-refractivity contribution is 7.90. The Balaban J connectivity index is 2.71. The zero-order valence-electron chi connectivity index (χ0n) is 12.3. The van der Waals surface area contributed by atoms with Gasteiger partial charge in [0.25, 0.3) is 21.5 Å². The minimum atomic E-state index is -4.98. The first-order valence-electron chi connectivity index (χ1n) is 6.32. The van der Waals surface area contributed by atoms with E-state index >= 15 is 0 Å². The summed E-state index contributed by atoms with van der Waals surface area (Å²) in [6.07, 6.45) is -4.98. The van der Waals surface area contributed by atoms with Crippen molar-refractivity contribution in [1.29, 1.82) is 0 Å². The van der Waals surface area contributed by atoms with Gasteiger partial charge in [-0.2, -0.15) is 21.6 Å². The van der Waals surface area contributed by atoms with Gasteiger partial charge in [0.15, 0.2) is 0 Å². The van der Waals surface area contributed by atoms with Crippen LogP contribution in [0, 0.1) is 10.1 Å². The van der Waals surface area contributed by atoms with Gasteiger partial charge in [-0.05, 0) is 12.1 Å². The van der Waals surface area contributed by atoms with Crippen LogP contribution in [0.3, 0.4) is 0 Å². The zero-order chi connectivity index (χ0) is 19.9. The molecule has 0 spiro atoms. The van der Waals surface area contributed by atoms with Crippen LogP contribution in [0.15, 0.2) is 33.9 Å². The molecule has 0 saturated heterocycles. The van der Waals surface area contributed by atoms with Crippen molar-refractivity contribution in [1.82, 2.24) is 9.55 Å². The van der Waals surface area contributed by atoms with Crippen LogP contribution >= 0.6 is 0 Å². The molecule has 0 unspecified atom stereocenters. The second-order valence-electron chi connectivity index (χ2n) is 4.77. The number of alkyl halides is 3. The summed E-state index contributed by atoms with van der Waals surface area (Å²) in [6.45, 7) is 0. The number of hydrogen-bond acceptors (Lipinski definition) is 6. The van der Waals surface area contributed by atoms with E-state index in [0.717, 1.165) is 12.1 Å². The van der Waals surface area contributed by atoms with Gasteiger partial charge in [-0.25, -0.2) is 14.5 Å². The van der Waals surface area contributed by atoms with E-state index in [4.69, 9.17) is 5.14 Å². The van der Waals surface area contributed by atoms with E-state index in [-0.39, 0.29) is 10.6 Å². The molecule has 140 valence electrons. The van der Waals surface area contributed by atoms with Gasteiger partial charge in [-0.3, -0.25) is 19.6 Å². The first kappa shape index (κ1) is 19.1. The highest BCUT2D eigenvalue weighted by Crippen LogP contribution is 2.28. The van der Waals surface area contributed by atoms with Crippen molar-refractivity contribution in [2.75, 3.05) is 4.72 Å². The summed E-state index contributed by atoms with van der Waals surface area (Å²) >= 11 is 0. The van der Waals surface area contributed by atoms with Gasteiger partial charge in [0, 0.05) is 12.1 Å². The van der Waals surface area contributed by atoms with Crippen molar-refractivity contribution in [2.24, 2.45) is 5.14 Å². The van der Waals surface area contributed by atoms with Crippen LogP contribution in [-0.4, -0.2) is 22.9 Å². The molecule has 0 radical (unpaired) electrons. The Hall–Kier alpha value is -3.20. The second kappa shape index (κ2) is 6.26. The van der Waals surface area contributed by atoms with Crippen molar-refractivity contribution >= 4 is 21.6 Å². The summed E-state index contributed by atoms with van der Waals surface area (Å²) in [6, 6.07) is 2.42. The lowest BCUT2D eigenvalue weighted by Crippen LogP contribution is -2.35. The van der Waals surface area contributed by atoms with Crippen molar-refractivity contribution in [3.63, 3.8) is 0 Å². The molecule has 0 aliphatic carbocycles. The third-order valence-corrected chi connectivity index (χ3v) is 3.43. The van der Waals surface area contributed by atoms with E-state index in [0.29, 0.717) is 6.07 Å². The number of nitrogens with two attached hydrogens (primary N) is 1. The third kappa shape index (κ3) is 4.06. The molecule has 2 aromatic rings. The Kier molecular flexibility index (Phi) is 4.61. The number of aromatic amines is 1. The van der Waals surface area contributed by atoms with Gasteiger partial charge in [0.1, 0.15) is 11.4 Å². The van der Waals surface area contributed by atoms with Gasteiger partial charge in [0.05, 0.1) is 10.6 Å². The summed E-state index contributed by atoms with van der Waals surface area (Å²) in [7, 11) is -4.45. The maximum Gasteiger partial charge on any atom is 0.431 e. The average Bonchev–Trinajstić information content (AvgIpc) is 2.43. The van der Waals surface area contributed by atoms with E-state index in [1.54, 1.807) is 4.72 Å². The number of nitro benzene ring substituents is 1. The number of benzene rings is 1. The number of hydrogen-bond donors (Lipinski definition) is 3. The van der Waals surface area contributed by atoms with Gasteiger partial charge in [0.2, 0.25) is 0 Å². The maximum absolute atomic E-state index is 12.6. The largest absolute Gasteiger partial charge is 0.431 e. The summed E-state index contributed by atoms with van der Waals surface area (Å²) in [4.78, 5) is 35.1. The van der Waals surface area contributed by atoms with Crippen LogP contribution in [-0.2, 0) is 16.4 Å². The molecule has 4 N–H and O–H groups in total.